The molecule has 1 saturated heterocycles. The number of hydrogen-bond acceptors (Lipinski definition) is 23. The number of H-pyrrole nitrogens is 2. The molecule has 4 aromatic carbocycles. The number of imidazole rings is 2. The smallest absolute Gasteiger partial charge is 0.303 e. The molecule has 3 aliphatic heterocycles. The van der Waals surface area contributed by atoms with Crippen LogP contribution >= 0.6 is 0 Å². The lowest BCUT2D eigenvalue weighted by molar-refractivity contribution is -0.139. The fourth-order valence-corrected chi connectivity index (χ4v) is 17.4. The number of fused-ring (bicyclic) bond motifs is 4. The maximum Gasteiger partial charge on any atom is 0.303 e. The van der Waals surface area contributed by atoms with Crippen molar-refractivity contribution < 1.29 is 82.1 Å². The Hall–Kier alpha value is -12.7. The average molecular weight is 1930 g/mol. The average Bonchev–Trinajstić information content (AvgIpc) is 1.78. The summed E-state index contributed by atoms with van der Waals surface area (Å²) in [4.78, 5) is 243. The Balaban J connectivity index is 0.873. The Morgan fingerprint density at radius 3 is 1.06 bits per heavy atom. The van der Waals surface area contributed by atoms with Gasteiger partial charge >= 0.3 is 11.9 Å². The van der Waals surface area contributed by atoms with Crippen LogP contribution in [-0.4, -0.2) is 331 Å². The number of carboxylic acids is 2. The number of carboxylic acid groups (broad SMARTS) is 2. The number of aliphatic carboxylic acids is 2. The van der Waals surface area contributed by atoms with Crippen molar-refractivity contribution in [2.24, 2.45) is 0 Å². The van der Waals surface area contributed by atoms with E-state index in [0.717, 1.165) is 81.0 Å². The zero-order valence-corrected chi connectivity index (χ0v) is 82.6. The van der Waals surface area contributed by atoms with E-state index in [1.165, 1.54) is 0 Å². The van der Waals surface area contributed by atoms with E-state index in [2.05, 4.69) is 119 Å². The minimum atomic E-state index is -1.69. The highest BCUT2D eigenvalue weighted by atomic mass is 16.4. The quantitative estimate of drug-likeness (QED) is 0.0220. The molecule has 6 aromatic rings. The van der Waals surface area contributed by atoms with E-state index in [4.69, 9.17) is 0 Å². The number of para-hydroxylation sites is 4. The van der Waals surface area contributed by atoms with Gasteiger partial charge in [-0.25, -0.2) is 9.97 Å². The van der Waals surface area contributed by atoms with Crippen LogP contribution in [0.25, 0.3) is 22.1 Å². The molecule has 0 saturated carbocycles. The molecule has 760 valence electrons. The normalized spacial score (nSPS) is 16.8. The largest absolute Gasteiger partial charge is 0.481 e. The maximum absolute atomic E-state index is 15.2. The van der Waals surface area contributed by atoms with Gasteiger partial charge in [0.2, 0.25) is 65.0 Å². The van der Waals surface area contributed by atoms with Crippen molar-refractivity contribution in [3.8, 4) is 0 Å². The third-order valence-electron chi connectivity index (χ3n) is 25.6. The summed E-state index contributed by atoms with van der Waals surface area (Å²) in [6.07, 6.45) is -0.310. The first-order chi connectivity index (χ1) is 66.8. The molecule has 0 spiro atoms. The van der Waals surface area contributed by atoms with Crippen molar-refractivity contribution in [2.45, 2.75) is 258 Å². The van der Waals surface area contributed by atoms with Crippen LogP contribution in [-0.2, 0) is 88.5 Å². The van der Waals surface area contributed by atoms with Gasteiger partial charge in [-0.15, -0.1) is 0 Å². The second-order valence-electron chi connectivity index (χ2n) is 36.2. The summed E-state index contributed by atoms with van der Waals surface area (Å²) in [5, 5.41) is 51.2. The van der Waals surface area contributed by atoms with Crippen molar-refractivity contribution in [3.63, 3.8) is 0 Å². The molecule has 0 bridgehead atoms. The Labute approximate surface area is 814 Å². The number of hydrogen-bond donors (Lipinski definition) is 15. The van der Waals surface area contributed by atoms with Crippen molar-refractivity contribution in [1.82, 2.24) is 107 Å². The van der Waals surface area contributed by atoms with Crippen LogP contribution in [0.15, 0.2) is 84.9 Å². The number of rotatable bonds is 52. The van der Waals surface area contributed by atoms with Crippen LogP contribution in [0.4, 0.5) is 11.4 Å². The molecule has 40 nitrogen and oxygen atoms in total. The number of anilines is 2. The van der Waals surface area contributed by atoms with E-state index >= 15 is 4.79 Å². The van der Waals surface area contributed by atoms with Crippen molar-refractivity contribution in [1.29, 1.82) is 0 Å². The predicted molar refractivity (Wildman–Crippen MR) is 527 cm³/mol. The SMILES string of the molecule is CCC[C@H](NC(=O)CCC(NC(=O)[C@H](CCC)NC(=O)[C@H](CCC)NC(=O)CN1CCN(CC)CCN(CC)CCN(CC)CC1)C(=O)N[C@@H](CCC)C(=O)N[C@@H](CCC(=O)O)C(=O)NCCCN1Cc2cc(C(=O)N(C)Cc3nc4ccccc4[nH]3)ccc2N[C@@H](CC)C1=O)C(=O)N[C@@H](CCC(=O)O)C(=O)NCCCN1Cc2cc(C(=O)N(C)Cc3nc4ccccc4[nH]3)ccc2N[C@@H](CC)C1=O. The molecule has 0 radical (unpaired) electrons. The maximum atomic E-state index is 15.2. The molecule has 1 unspecified atom stereocenters. The fraction of sp³-hybridized carbons (Fsp3) is 0.586. The second kappa shape index (κ2) is 55.8. The number of aromatic nitrogens is 4. The third-order valence-corrected chi connectivity index (χ3v) is 25.6. The summed E-state index contributed by atoms with van der Waals surface area (Å²) in [5.74, 6) is -9.42. The molecule has 13 amide bonds. The summed E-state index contributed by atoms with van der Waals surface area (Å²) in [6, 6.07) is 14.4. The minimum absolute atomic E-state index is 0.00461. The lowest BCUT2D eigenvalue weighted by Gasteiger charge is -2.33. The fourth-order valence-electron chi connectivity index (χ4n) is 17.4. The second-order valence-corrected chi connectivity index (χ2v) is 36.2. The van der Waals surface area contributed by atoms with Crippen LogP contribution in [0.5, 0.6) is 0 Å². The van der Waals surface area contributed by atoms with Gasteiger partial charge in [-0.1, -0.05) is 112 Å². The molecule has 40 heteroatoms. The first-order valence-electron chi connectivity index (χ1n) is 49.5. The van der Waals surface area contributed by atoms with Gasteiger partial charge in [-0.2, -0.15) is 0 Å². The third kappa shape index (κ3) is 33.6. The van der Waals surface area contributed by atoms with Gasteiger partial charge in [0.05, 0.1) is 41.7 Å². The zero-order chi connectivity index (χ0) is 101. The molecule has 9 atom stereocenters. The van der Waals surface area contributed by atoms with Crippen LogP contribution < -0.4 is 58.5 Å². The molecule has 2 aromatic heterocycles. The van der Waals surface area contributed by atoms with E-state index in [-0.39, 0.29) is 134 Å². The molecule has 1 fully saturated rings. The molecule has 3 aliphatic rings. The minimum Gasteiger partial charge on any atom is -0.481 e. The lowest BCUT2D eigenvalue weighted by Crippen LogP contribution is -2.59. The molecule has 0 aliphatic carbocycles. The molecule has 139 heavy (non-hydrogen) atoms. The summed E-state index contributed by atoms with van der Waals surface area (Å²) < 4.78 is 0. The number of aromatic amines is 2. The Kier molecular flexibility index (Phi) is 44.1. The van der Waals surface area contributed by atoms with Gasteiger partial charge in [0.25, 0.3) is 11.8 Å². The molecule has 9 rings (SSSR count). The Morgan fingerprint density at radius 1 is 0.403 bits per heavy atom. The van der Waals surface area contributed by atoms with Gasteiger partial charge in [0.1, 0.15) is 66.0 Å². The molecule has 15 N–H and O–H groups in total. The monoisotopic (exact) mass is 1930 g/mol. The van der Waals surface area contributed by atoms with Crippen LogP contribution in [0.2, 0.25) is 0 Å². The van der Waals surface area contributed by atoms with E-state index in [1.807, 2.05) is 69.3 Å². The molecule has 5 heterocycles. The number of nitrogens with zero attached hydrogens (tertiary/aromatic N) is 10. The topological polar surface area (TPSA) is 512 Å². The number of benzene rings is 4. The van der Waals surface area contributed by atoms with E-state index in [0.29, 0.717) is 90.5 Å². The molecular formula is C99H147N23O17. The number of amides is 13. The predicted octanol–water partition coefficient (Wildman–Crippen LogP) is 5.15. The van der Waals surface area contributed by atoms with Gasteiger partial charge in [-0.05, 0) is 162 Å². The van der Waals surface area contributed by atoms with Gasteiger partial charge in [0.15, 0.2) is 0 Å². The Bertz CT molecular complexity index is 5080. The summed E-state index contributed by atoms with van der Waals surface area (Å²) >= 11 is 0. The van der Waals surface area contributed by atoms with Crippen molar-refractivity contribution >= 4 is 122 Å². The standard InChI is InChI=1S/C99H147N23O17/c1-12-27-76(91(131)112-80(40-43-87(125)126)89(129)100-45-25-47-121-59-66-57-64(35-37-70(66)102-68(16-5)98(121)138)96(136)115(10)61-83-104-72-31-21-22-32-73(72)105-83)108-85(123)42-39-82(114-94(134)79(30-15-4)110-92(132)77(28-13-2)109-86(124)63-120-55-53-118(19-8)51-49-117(18-7)50-52-119(20-9)54-56-120)95(135)111-78(29-14-3)93(133)113-81(41-44-88(127)128)90(130)101-46-26-48-122-60-67-58-65(36-38-71(67)103-69(17-6)99(122)139)97(137)116(11)62-84-106-74-33-23-24-34-75(74)107-84/h21-24,31-38,57-58,68-69,76-82,102-103H,12-20,25-30,39-56,59-63H2,1-11H3,(H,100,129)(H,101,130)(H,104,105)(H,106,107)(H,108,123)(H,109,124)(H,110,132)(H,111,135)(H,112,131)(H,113,133)(H,114,134)(H,125,126)(H,127,128)/t68-,69-,76-,77-,78-,79-,80-,81-,82?/m0/s1. The number of carbonyl (C=O) groups is 15. The zero-order valence-electron chi connectivity index (χ0n) is 82.6. The number of likely N-dealkylation sites (N-methyl/N-ethyl adjacent to an activating group) is 3. The Morgan fingerprint density at radius 2 is 0.727 bits per heavy atom. The van der Waals surface area contributed by atoms with Gasteiger partial charge in [-0.3, -0.25) is 76.8 Å². The van der Waals surface area contributed by atoms with Gasteiger partial charge < -0.3 is 113 Å². The van der Waals surface area contributed by atoms with Crippen LogP contribution in [0.1, 0.15) is 221 Å². The highest BCUT2D eigenvalue weighted by Crippen LogP contribution is 2.30. The van der Waals surface area contributed by atoms with E-state index in [9.17, 15) is 77.3 Å². The first kappa shape index (κ1) is 110. The van der Waals surface area contributed by atoms with Crippen molar-refractivity contribution in [3.05, 3.63) is 119 Å². The van der Waals surface area contributed by atoms with E-state index < -0.39 is 152 Å². The first-order valence-corrected chi connectivity index (χ1v) is 49.5. The highest BCUT2D eigenvalue weighted by Gasteiger charge is 2.38. The van der Waals surface area contributed by atoms with Crippen LogP contribution in [0.3, 0.4) is 0 Å². The molecular weight excluding hydrogens is 1780 g/mol. The van der Waals surface area contributed by atoms with Gasteiger partial charge in [0, 0.05) is 147 Å². The summed E-state index contributed by atoms with van der Waals surface area (Å²) in [6.45, 7) is 26.8. The lowest BCUT2D eigenvalue weighted by atomic mass is 10.0. The summed E-state index contributed by atoms with van der Waals surface area (Å²) in [7, 11) is 3.34. The number of nitrogens with one attached hydrogen (secondary N) is 13. The number of carbonyl (C=O) groups excluding carboxylic acids is 13. The summed E-state index contributed by atoms with van der Waals surface area (Å²) in [5.41, 5.74) is 6.68. The van der Waals surface area contributed by atoms with Crippen molar-refractivity contribution in [2.75, 3.05) is 129 Å². The van der Waals surface area contributed by atoms with E-state index in [1.54, 1.807) is 90.9 Å². The van der Waals surface area contributed by atoms with Crippen LogP contribution in [0, 0.1) is 0 Å². The highest BCUT2D eigenvalue weighted by molar-refractivity contribution is 6.00.